The van der Waals surface area contributed by atoms with Gasteiger partial charge in [0.25, 0.3) is 0 Å². The van der Waals surface area contributed by atoms with Gasteiger partial charge in [-0.1, -0.05) is 36.8 Å². The maximum atomic E-state index is 5.82. The Bertz CT molecular complexity index is 301. The van der Waals surface area contributed by atoms with Crippen LogP contribution in [0.15, 0.2) is 24.3 Å². The van der Waals surface area contributed by atoms with Crippen LogP contribution < -0.4 is 0 Å². The van der Waals surface area contributed by atoms with Gasteiger partial charge < -0.3 is 9.47 Å². The van der Waals surface area contributed by atoms with Crippen molar-refractivity contribution >= 4 is 0 Å². The standard InChI is InChI=1S/C13H18O2/c1-3-13(15-9-12-8-14-12)11-6-4-10(2)5-7-11/h4-7,12-13H,3,8-9H2,1-2H3. The van der Waals surface area contributed by atoms with Crippen LogP contribution in [-0.2, 0) is 9.47 Å². The fraction of sp³-hybridized carbons (Fsp3) is 0.538. The molecular formula is C13H18O2. The lowest BCUT2D eigenvalue weighted by Crippen LogP contribution is -2.08. The van der Waals surface area contributed by atoms with Crippen molar-refractivity contribution in [1.29, 1.82) is 0 Å². The summed E-state index contributed by atoms with van der Waals surface area (Å²) in [6.07, 6.45) is 1.58. The molecule has 1 saturated heterocycles. The van der Waals surface area contributed by atoms with Crippen LogP contribution >= 0.6 is 0 Å². The van der Waals surface area contributed by atoms with E-state index in [-0.39, 0.29) is 6.10 Å². The molecule has 1 fully saturated rings. The molecule has 2 nitrogen and oxygen atoms in total. The van der Waals surface area contributed by atoms with Crippen LogP contribution in [0.3, 0.4) is 0 Å². The molecule has 0 N–H and O–H groups in total. The molecule has 82 valence electrons. The Kier molecular flexibility index (Phi) is 3.39. The third-order valence-corrected chi connectivity index (χ3v) is 2.71. The van der Waals surface area contributed by atoms with E-state index in [0.29, 0.717) is 6.10 Å². The van der Waals surface area contributed by atoms with Gasteiger partial charge in [-0.05, 0) is 18.9 Å². The summed E-state index contributed by atoms with van der Waals surface area (Å²) in [5.41, 5.74) is 2.56. The van der Waals surface area contributed by atoms with Crippen molar-refractivity contribution in [3.8, 4) is 0 Å². The van der Waals surface area contributed by atoms with Gasteiger partial charge in [-0.15, -0.1) is 0 Å². The molecule has 1 heterocycles. The quantitative estimate of drug-likeness (QED) is 0.691. The van der Waals surface area contributed by atoms with E-state index in [9.17, 15) is 0 Å². The molecule has 0 aromatic heterocycles. The van der Waals surface area contributed by atoms with E-state index in [0.717, 1.165) is 19.6 Å². The molecule has 0 saturated carbocycles. The van der Waals surface area contributed by atoms with Gasteiger partial charge in [-0.25, -0.2) is 0 Å². The molecule has 2 rings (SSSR count). The minimum Gasteiger partial charge on any atom is -0.371 e. The second-order valence-corrected chi connectivity index (χ2v) is 4.10. The number of ether oxygens (including phenoxy) is 2. The van der Waals surface area contributed by atoms with Crippen LogP contribution in [0.5, 0.6) is 0 Å². The van der Waals surface area contributed by atoms with Crippen LogP contribution in [0.4, 0.5) is 0 Å². The highest BCUT2D eigenvalue weighted by Gasteiger charge is 2.24. The van der Waals surface area contributed by atoms with E-state index >= 15 is 0 Å². The summed E-state index contributed by atoms with van der Waals surface area (Å²) in [7, 11) is 0. The van der Waals surface area contributed by atoms with Crippen LogP contribution in [-0.4, -0.2) is 19.3 Å². The van der Waals surface area contributed by atoms with Crippen molar-refractivity contribution in [1.82, 2.24) is 0 Å². The molecule has 2 unspecified atom stereocenters. The van der Waals surface area contributed by atoms with Gasteiger partial charge >= 0.3 is 0 Å². The van der Waals surface area contributed by atoms with E-state index < -0.39 is 0 Å². The van der Waals surface area contributed by atoms with E-state index in [1.807, 2.05) is 0 Å². The van der Waals surface area contributed by atoms with Gasteiger partial charge in [0, 0.05) is 0 Å². The SMILES string of the molecule is CCC(OCC1CO1)c1ccc(C)cc1. The molecular weight excluding hydrogens is 188 g/mol. The van der Waals surface area contributed by atoms with Crippen molar-refractivity contribution in [3.05, 3.63) is 35.4 Å². The molecule has 2 atom stereocenters. The highest BCUT2D eigenvalue weighted by molar-refractivity contribution is 5.23. The molecule has 0 radical (unpaired) electrons. The fourth-order valence-corrected chi connectivity index (χ4v) is 1.62. The van der Waals surface area contributed by atoms with Crippen molar-refractivity contribution in [2.75, 3.05) is 13.2 Å². The van der Waals surface area contributed by atoms with E-state index in [2.05, 4.69) is 38.1 Å². The Morgan fingerprint density at radius 2 is 2.07 bits per heavy atom. The number of aryl methyl sites for hydroxylation is 1. The summed E-state index contributed by atoms with van der Waals surface area (Å²) in [6, 6.07) is 8.57. The lowest BCUT2D eigenvalue weighted by molar-refractivity contribution is 0.0394. The number of rotatable bonds is 5. The smallest absolute Gasteiger partial charge is 0.104 e. The first-order valence-electron chi connectivity index (χ1n) is 5.59. The highest BCUT2D eigenvalue weighted by atomic mass is 16.6. The fourth-order valence-electron chi connectivity index (χ4n) is 1.62. The van der Waals surface area contributed by atoms with Crippen molar-refractivity contribution in [2.45, 2.75) is 32.5 Å². The minimum atomic E-state index is 0.217. The van der Waals surface area contributed by atoms with Gasteiger partial charge in [0.05, 0.1) is 19.3 Å². The van der Waals surface area contributed by atoms with Crippen molar-refractivity contribution < 1.29 is 9.47 Å². The summed E-state index contributed by atoms with van der Waals surface area (Å²) in [5.74, 6) is 0. The third-order valence-electron chi connectivity index (χ3n) is 2.71. The normalized spacial score (nSPS) is 21.3. The van der Waals surface area contributed by atoms with Crippen LogP contribution in [0.25, 0.3) is 0 Å². The molecule has 1 aromatic carbocycles. The summed E-state index contributed by atoms with van der Waals surface area (Å²) in [6.45, 7) is 5.85. The first kappa shape index (κ1) is 10.7. The monoisotopic (exact) mass is 206 g/mol. The van der Waals surface area contributed by atoms with Gasteiger partial charge in [0.1, 0.15) is 6.10 Å². The number of hydrogen-bond donors (Lipinski definition) is 0. The Morgan fingerprint density at radius 3 is 2.60 bits per heavy atom. The van der Waals surface area contributed by atoms with E-state index in [4.69, 9.17) is 9.47 Å². The Labute approximate surface area is 91.2 Å². The Balaban J connectivity index is 1.94. The maximum Gasteiger partial charge on any atom is 0.104 e. The second kappa shape index (κ2) is 4.77. The van der Waals surface area contributed by atoms with E-state index in [1.165, 1.54) is 11.1 Å². The first-order chi connectivity index (χ1) is 7.29. The predicted molar refractivity (Wildman–Crippen MR) is 59.9 cm³/mol. The van der Waals surface area contributed by atoms with Gasteiger partial charge in [-0.2, -0.15) is 0 Å². The van der Waals surface area contributed by atoms with Gasteiger partial charge in [0.2, 0.25) is 0 Å². The number of epoxide rings is 1. The minimum absolute atomic E-state index is 0.217. The summed E-state index contributed by atoms with van der Waals surface area (Å²) >= 11 is 0. The van der Waals surface area contributed by atoms with E-state index in [1.54, 1.807) is 0 Å². The summed E-state index contributed by atoms with van der Waals surface area (Å²) < 4.78 is 10.9. The molecule has 1 aliphatic rings. The molecule has 0 bridgehead atoms. The Morgan fingerprint density at radius 1 is 1.40 bits per heavy atom. The van der Waals surface area contributed by atoms with Gasteiger partial charge in [0.15, 0.2) is 0 Å². The summed E-state index contributed by atoms with van der Waals surface area (Å²) in [4.78, 5) is 0. The zero-order chi connectivity index (χ0) is 10.7. The largest absolute Gasteiger partial charge is 0.371 e. The average Bonchev–Trinajstić information content (AvgIpc) is 3.05. The zero-order valence-electron chi connectivity index (χ0n) is 9.40. The zero-order valence-corrected chi connectivity index (χ0v) is 9.40. The molecule has 2 heteroatoms. The topological polar surface area (TPSA) is 21.8 Å². The second-order valence-electron chi connectivity index (χ2n) is 4.10. The molecule has 15 heavy (non-hydrogen) atoms. The maximum absolute atomic E-state index is 5.82. The number of benzene rings is 1. The molecule has 0 aliphatic carbocycles. The first-order valence-corrected chi connectivity index (χ1v) is 5.59. The average molecular weight is 206 g/mol. The van der Waals surface area contributed by atoms with Crippen LogP contribution in [0, 0.1) is 6.92 Å². The highest BCUT2D eigenvalue weighted by Crippen LogP contribution is 2.23. The lowest BCUT2D eigenvalue weighted by Gasteiger charge is -2.16. The number of hydrogen-bond acceptors (Lipinski definition) is 2. The third kappa shape index (κ3) is 3.05. The molecule has 0 spiro atoms. The van der Waals surface area contributed by atoms with Crippen LogP contribution in [0.2, 0.25) is 0 Å². The molecule has 1 aromatic rings. The summed E-state index contributed by atoms with van der Waals surface area (Å²) in [5, 5.41) is 0. The van der Waals surface area contributed by atoms with Gasteiger partial charge in [-0.3, -0.25) is 0 Å². The molecule has 0 amide bonds. The Hall–Kier alpha value is -0.860. The van der Waals surface area contributed by atoms with Crippen LogP contribution in [0.1, 0.15) is 30.6 Å². The van der Waals surface area contributed by atoms with Crippen molar-refractivity contribution in [3.63, 3.8) is 0 Å². The van der Waals surface area contributed by atoms with Crippen molar-refractivity contribution in [2.24, 2.45) is 0 Å². The predicted octanol–water partition coefficient (Wildman–Crippen LogP) is 2.86. The molecule has 1 aliphatic heterocycles. The lowest BCUT2D eigenvalue weighted by atomic mass is 10.1.